The summed E-state index contributed by atoms with van der Waals surface area (Å²) in [7, 11) is 1.34. The molecule has 0 aliphatic heterocycles. The number of carbonyl (C=O) groups is 2. The topological polar surface area (TPSA) is 68.3 Å². The number of hydrogen-bond donors (Lipinski definition) is 1. The van der Waals surface area contributed by atoms with Crippen molar-refractivity contribution in [2.45, 2.75) is 0 Å². The Hall–Kier alpha value is -3.47. The van der Waals surface area contributed by atoms with Gasteiger partial charge >= 0.3 is 5.97 Å². The molecule has 0 saturated carbocycles. The molecular weight excluding hydrogens is 316 g/mol. The van der Waals surface area contributed by atoms with Gasteiger partial charge in [-0.05, 0) is 47.4 Å². The van der Waals surface area contributed by atoms with Crippen LogP contribution in [0.1, 0.15) is 15.9 Å². The van der Waals surface area contributed by atoms with Crippen LogP contribution in [0.15, 0.2) is 67.0 Å². The molecule has 0 radical (unpaired) electrons. The van der Waals surface area contributed by atoms with Gasteiger partial charge in [0.15, 0.2) is 0 Å². The van der Waals surface area contributed by atoms with Gasteiger partial charge in [0.05, 0.1) is 12.7 Å². The number of benzene rings is 2. The molecule has 124 valence electrons. The highest BCUT2D eigenvalue weighted by Crippen LogP contribution is 2.18. The van der Waals surface area contributed by atoms with Crippen LogP contribution in [0.5, 0.6) is 0 Å². The summed E-state index contributed by atoms with van der Waals surface area (Å²) >= 11 is 0. The Bertz CT molecular complexity index is 947. The minimum atomic E-state index is -0.389. The van der Waals surface area contributed by atoms with Gasteiger partial charge in [0.25, 0.3) is 0 Å². The van der Waals surface area contributed by atoms with E-state index >= 15 is 0 Å². The molecule has 0 saturated heterocycles. The number of esters is 1. The Kier molecular flexibility index (Phi) is 4.85. The molecule has 0 atom stereocenters. The van der Waals surface area contributed by atoms with Crippen molar-refractivity contribution in [3.05, 3.63) is 78.1 Å². The maximum absolute atomic E-state index is 12.1. The molecule has 3 rings (SSSR count). The standard InChI is InChI=1S/C20H16N2O3/c1-25-20(24)15-5-2-14(3-6-15)4-9-19(23)22-18-8-7-17-13-21-11-10-16(17)12-18/h2-13H,1H3,(H,22,23)/b9-4+. The summed E-state index contributed by atoms with van der Waals surface area (Å²) in [5.41, 5.74) is 2.00. The first-order valence-corrected chi connectivity index (χ1v) is 7.67. The lowest BCUT2D eigenvalue weighted by molar-refractivity contribution is -0.111. The number of amides is 1. The van der Waals surface area contributed by atoms with Gasteiger partial charge in [0, 0.05) is 29.5 Å². The second-order valence-corrected chi connectivity index (χ2v) is 5.37. The average molecular weight is 332 g/mol. The maximum Gasteiger partial charge on any atom is 0.337 e. The minimum Gasteiger partial charge on any atom is -0.465 e. The van der Waals surface area contributed by atoms with Crippen molar-refractivity contribution in [2.24, 2.45) is 0 Å². The van der Waals surface area contributed by atoms with Gasteiger partial charge in [-0.1, -0.05) is 18.2 Å². The molecule has 1 amide bonds. The van der Waals surface area contributed by atoms with Crippen LogP contribution >= 0.6 is 0 Å². The van der Waals surface area contributed by atoms with Gasteiger partial charge in [0.2, 0.25) is 5.91 Å². The van der Waals surface area contributed by atoms with E-state index < -0.39 is 0 Å². The highest BCUT2D eigenvalue weighted by Gasteiger charge is 2.04. The second-order valence-electron chi connectivity index (χ2n) is 5.37. The third-order valence-electron chi connectivity index (χ3n) is 3.67. The number of anilines is 1. The summed E-state index contributed by atoms with van der Waals surface area (Å²) < 4.78 is 4.65. The molecule has 1 heterocycles. The summed E-state index contributed by atoms with van der Waals surface area (Å²) in [6.45, 7) is 0. The number of rotatable bonds is 4. The quantitative estimate of drug-likeness (QED) is 0.584. The van der Waals surface area contributed by atoms with Crippen LogP contribution in [0.2, 0.25) is 0 Å². The third-order valence-corrected chi connectivity index (χ3v) is 3.67. The number of fused-ring (bicyclic) bond motifs is 1. The number of nitrogens with one attached hydrogen (secondary N) is 1. The van der Waals surface area contributed by atoms with E-state index in [0.717, 1.165) is 22.0 Å². The van der Waals surface area contributed by atoms with Gasteiger partial charge < -0.3 is 10.1 Å². The molecule has 0 fully saturated rings. The van der Waals surface area contributed by atoms with Crippen molar-refractivity contribution in [1.82, 2.24) is 4.98 Å². The average Bonchev–Trinajstić information content (AvgIpc) is 2.66. The lowest BCUT2D eigenvalue weighted by Gasteiger charge is -2.04. The van der Waals surface area contributed by atoms with Gasteiger partial charge in [0.1, 0.15) is 0 Å². The van der Waals surface area contributed by atoms with Crippen molar-refractivity contribution in [3.63, 3.8) is 0 Å². The number of aromatic nitrogens is 1. The Balaban J connectivity index is 1.66. The van der Waals surface area contributed by atoms with Gasteiger partial charge in [-0.3, -0.25) is 9.78 Å². The monoisotopic (exact) mass is 332 g/mol. The first kappa shape index (κ1) is 16.4. The lowest BCUT2D eigenvalue weighted by atomic mass is 10.1. The van der Waals surface area contributed by atoms with Gasteiger partial charge in [-0.15, -0.1) is 0 Å². The zero-order valence-electron chi connectivity index (χ0n) is 13.6. The first-order valence-electron chi connectivity index (χ1n) is 7.67. The second kappa shape index (κ2) is 7.40. The third kappa shape index (κ3) is 4.09. The normalized spacial score (nSPS) is 10.8. The molecular formula is C20H16N2O3. The highest BCUT2D eigenvalue weighted by atomic mass is 16.5. The summed E-state index contributed by atoms with van der Waals surface area (Å²) in [5, 5.41) is 4.85. The fourth-order valence-electron chi connectivity index (χ4n) is 2.37. The van der Waals surface area contributed by atoms with E-state index in [9.17, 15) is 9.59 Å². The lowest BCUT2D eigenvalue weighted by Crippen LogP contribution is -2.07. The molecule has 0 aliphatic rings. The summed E-state index contributed by atoms with van der Waals surface area (Å²) in [5.74, 6) is -0.620. The van der Waals surface area contributed by atoms with Crippen LogP contribution in [0, 0.1) is 0 Å². The van der Waals surface area contributed by atoms with Crippen molar-refractivity contribution >= 4 is 34.4 Å². The van der Waals surface area contributed by atoms with E-state index in [1.807, 2.05) is 24.3 Å². The summed E-state index contributed by atoms with van der Waals surface area (Å²) in [6.07, 6.45) is 6.62. The number of pyridine rings is 1. The van der Waals surface area contributed by atoms with E-state index in [1.54, 1.807) is 42.7 Å². The number of ether oxygens (including phenoxy) is 1. The van der Waals surface area contributed by atoms with Crippen molar-refractivity contribution in [3.8, 4) is 0 Å². The van der Waals surface area contributed by atoms with Crippen LogP contribution in [-0.2, 0) is 9.53 Å². The first-order chi connectivity index (χ1) is 12.2. The molecule has 2 aromatic carbocycles. The predicted octanol–water partition coefficient (Wildman–Crippen LogP) is 3.67. The van der Waals surface area contributed by atoms with Crippen LogP contribution in [0.25, 0.3) is 16.8 Å². The minimum absolute atomic E-state index is 0.231. The van der Waals surface area contributed by atoms with E-state index in [-0.39, 0.29) is 11.9 Å². The molecule has 0 bridgehead atoms. The SMILES string of the molecule is COC(=O)c1ccc(/C=C/C(=O)Nc2ccc3cnccc3c2)cc1. The Labute approximate surface area is 145 Å². The van der Waals surface area contributed by atoms with E-state index in [2.05, 4.69) is 15.0 Å². The molecule has 0 unspecified atom stereocenters. The highest BCUT2D eigenvalue weighted by molar-refractivity contribution is 6.03. The van der Waals surface area contributed by atoms with E-state index in [1.165, 1.54) is 13.2 Å². The van der Waals surface area contributed by atoms with Crippen molar-refractivity contribution in [1.29, 1.82) is 0 Å². The number of hydrogen-bond acceptors (Lipinski definition) is 4. The maximum atomic E-state index is 12.1. The number of carbonyl (C=O) groups excluding carboxylic acids is 2. The van der Waals surface area contributed by atoms with Gasteiger partial charge in [-0.25, -0.2) is 4.79 Å². The molecule has 1 N–H and O–H groups in total. The molecule has 25 heavy (non-hydrogen) atoms. The van der Waals surface area contributed by atoms with Crippen LogP contribution in [-0.4, -0.2) is 24.0 Å². The fourth-order valence-corrected chi connectivity index (χ4v) is 2.37. The van der Waals surface area contributed by atoms with Crippen molar-refractivity contribution < 1.29 is 14.3 Å². The Morgan fingerprint density at radius 3 is 2.60 bits per heavy atom. The van der Waals surface area contributed by atoms with E-state index in [0.29, 0.717) is 5.56 Å². The predicted molar refractivity (Wildman–Crippen MR) is 97.2 cm³/mol. The largest absolute Gasteiger partial charge is 0.465 e. The molecule has 0 aliphatic carbocycles. The Morgan fingerprint density at radius 2 is 1.84 bits per heavy atom. The zero-order valence-corrected chi connectivity index (χ0v) is 13.6. The smallest absolute Gasteiger partial charge is 0.337 e. The molecule has 3 aromatic rings. The summed E-state index contributed by atoms with van der Waals surface area (Å²) in [4.78, 5) is 27.5. The van der Waals surface area contributed by atoms with Gasteiger partial charge in [-0.2, -0.15) is 0 Å². The molecule has 1 aromatic heterocycles. The molecule has 0 spiro atoms. The van der Waals surface area contributed by atoms with E-state index in [4.69, 9.17) is 0 Å². The number of nitrogens with zero attached hydrogens (tertiary/aromatic N) is 1. The zero-order chi connectivity index (χ0) is 17.6. The Morgan fingerprint density at radius 1 is 1.04 bits per heavy atom. The van der Waals surface area contributed by atoms with Crippen molar-refractivity contribution in [2.75, 3.05) is 12.4 Å². The molecule has 5 nitrogen and oxygen atoms in total. The number of methoxy groups -OCH3 is 1. The van der Waals surface area contributed by atoms with Crippen LogP contribution < -0.4 is 5.32 Å². The molecule has 5 heteroatoms. The van der Waals surface area contributed by atoms with Crippen LogP contribution in [0.4, 0.5) is 5.69 Å². The fraction of sp³-hybridized carbons (Fsp3) is 0.0500. The van der Waals surface area contributed by atoms with Crippen LogP contribution in [0.3, 0.4) is 0 Å². The summed E-state index contributed by atoms with van der Waals surface area (Å²) in [6, 6.07) is 14.3.